The molecule has 0 saturated carbocycles. The minimum absolute atomic E-state index is 0.114. The van der Waals surface area contributed by atoms with Crippen LogP contribution in [0.3, 0.4) is 0 Å². The number of halogens is 1. The first-order valence-corrected chi connectivity index (χ1v) is 13.8. The van der Waals surface area contributed by atoms with Crippen LogP contribution in [-0.2, 0) is 9.53 Å². The zero-order valence-corrected chi connectivity index (χ0v) is 22.8. The summed E-state index contributed by atoms with van der Waals surface area (Å²) in [5.74, 6) is 0.457. The van der Waals surface area contributed by atoms with Gasteiger partial charge in [0.25, 0.3) is 5.56 Å². The first kappa shape index (κ1) is 25.3. The maximum absolute atomic E-state index is 13.8. The molecule has 2 aromatic heterocycles. The molecular weight excluding hydrogens is 532 g/mol. The normalized spacial score (nSPS) is 13.5. The average molecular weight is 557 g/mol. The van der Waals surface area contributed by atoms with Crippen LogP contribution in [0.2, 0.25) is 5.02 Å². The summed E-state index contributed by atoms with van der Waals surface area (Å²) in [6, 6.07) is 24.5. The molecular formula is C30H25ClN4O3S. The number of aromatic nitrogens is 2. The van der Waals surface area contributed by atoms with Crippen molar-refractivity contribution in [1.82, 2.24) is 9.55 Å². The average Bonchev–Trinajstić information content (AvgIpc) is 3.40. The second-order valence-electron chi connectivity index (χ2n) is 9.26. The molecule has 0 bridgehead atoms. The van der Waals surface area contributed by atoms with Crippen molar-refractivity contribution in [2.24, 2.45) is 0 Å². The fourth-order valence-corrected chi connectivity index (χ4v) is 6.10. The van der Waals surface area contributed by atoms with E-state index >= 15 is 0 Å². The van der Waals surface area contributed by atoms with Gasteiger partial charge in [-0.2, -0.15) is 0 Å². The highest BCUT2D eigenvalue weighted by Gasteiger charge is 2.23. The molecule has 1 N–H and O–H groups in total. The third-order valence-electron chi connectivity index (χ3n) is 6.61. The van der Waals surface area contributed by atoms with Crippen molar-refractivity contribution in [3.8, 4) is 27.5 Å². The zero-order valence-electron chi connectivity index (χ0n) is 21.2. The molecule has 1 saturated heterocycles. The molecule has 0 aliphatic carbocycles. The summed E-state index contributed by atoms with van der Waals surface area (Å²) in [4.78, 5) is 33.5. The number of para-hydroxylation sites is 1. The van der Waals surface area contributed by atoms with E-state index in [-0.39, 0.29) is 11.5 Å². The number of anilines is 2. The van der Waals surface area contributed by atoms with Crippen LogP contribution in [0.25, 0.3) is 38.4 Å². The number of benzene rings is 3. The molecule has 1 fully saturated rings. The van der Waals surface area contributed by atoms with Crippen LogP contribution >= 0.6 is 22.9 Å². The van der Waals surface area contributed by atoms with Crippen molar-refractivity contribution < 1.29 is 9.53 Å². The quantitative estimate of drug-likeness (QED) is 0.278. The Morgan fingerprint density at radius 3 is 2.44 bits per heavy atom. The number of nitrogens with one attached hydrogen (secondary N) is 1. The highest BCUT2D eigenvalue weighted by Crippen LogP contribution is 2.43. The van der Waals surface area contributed by atoms with Crippen molar-refractivity contribution in [3.05, 3.63) is 94.2 Å². The number of hydrogen-bond acceptors (Lipinski definition) is 6. The molecule has 1 aliphatic rings. The van der Waals surface area contributed by atoms with E-state index in [0.717, 1.165) is 39.8 Å². The zero-order chi connectivity index (χ0) is 26.9. The van der Waals surface area contributed by atoms with Gasteiger partial charge in [0.15, 0.2) is 5.82 Å². The topological polar surface area (TPSA) is 76.5 Å². The summed E-state index contributed by atoms with van der Waals surface area (Å²) in [7, 11) is 0. The van der Waals surface area contributed by atoms with Gasteiger partial charge in [-0.25, -0.2) is 4.98 Å². The molecule has 0 atom stereocenters. The number of carbonyl (C=O) groups excluding carboxylic acids is 1. The van der Waals surface area contributed by atoms with E-state index in [4.69, 9.17) is 21.3 Å². The summed E-state index contributed by atoms with van der Waals surface area (Å²) in [5, 5.41) is 5.06. The van der Waals surface area contributed by atoms with E-state index < -0.39 is 0 Å². The van der Waals surface area contributed by atoms with Gasteiger partial charge < -0.3 is 15.0 Å². The molecule has 0 spiro atoms. The van der Waals surface area contributed by atoms with Crippen molar-refractivity contribution >= 4 is 50.4 Å². The summed E-state index contributed by atoms with van der Waals surface area (Å²) in [5.41, 5.74) is 3.99. The number of nitrogens with zero attached hydrogens (tertiary/aromatic N) is 3. The van der Waals surface area contributed by atoms with E-state index in [1.165, 1.54) is 6.92 Å². The Labute approximate surface area is 234 Å². The molecule has 9 heteroatoms. The number of rotatable bonds is 5. The van der Waals surface area contributed by atoms with Crippen LogP contribution in [0.15, 0.2) is 83.7 Å². The number of fused-ring (bicyclic) bond motifs is 1. The molecule has 6 rings (SSSR count). The molecule has 39 heavy (non-hydrogen) atoms. The molecule has 3 heterocycles. The fraction of sp³-hybridized carbons (Fsp3) is 0.167. The smallest absolute Gasteiger partial charge is 0.266 e. The lowest BCUT2D eigenvalue weighted by Crippen LogP contribution is -2.35. The largest absolute Gasteiger partial charge is 0.378 e. The van der Waals surface area contributed by atoms with Crippen molar-refractivity contribution in [1.29, 1.82) is 0 Å². The van der Waals surface area contributed by atoms with Crippen molar-refractivity contribution in [2.75, 3.05) is 36.5 Å². The molecule has 1 amide bonds. The molecule has 1 aliphatic heterocycles. The fourth-order valence-electron chi connectivity index (χ4n) is 4.76. The van der Waals surface area contributed by atoms with Gasteiger partial charge in [0.05, 0.1) is 39.7 Å². The van der Waals surface area contributed by atoms with Gasteiger partial charge in [0.2, 0.25) is 5.91 Å². The monoisotopic (exact) mass is 556 g/mol. The summed E-state index contributed by atoms with van der Waals surface area (Å²) < 4.78 is 7.28. The number of amides is 1. The van der Waals surface area contributed by atoms with Crippen LogP contribution in [0, 0.1) is 0 Å². The minimum atomic E-state index is -0.138. The van der Waals surface area contributed by atoms with E-state index in [9.17, 15) is 9.59 Å². The number of morpholine rings is 1. The Morgan fingerprint density at radius 1 is 1.00 bits per heavy atom. The van der Waals surface area contributed by atoms with Gasteiger partial charge in [-0.05, 0) is 60.2 Å². The first-order chi connectivity index (χ1) is 19.0. The van der Waals surface area contributed by atoms with E-state index in [2.05, 4.69) is 16.3 Å². The summed E-state index contributed by atoms with van der Waals surface area (Å²) >= 11 is 7.78. The lowest BCUT2D eigenvalue weighted by atomic mass is 10.1. The Kier molecular flexibility index (Phi) is 6.91. The number of hydrogen-bond donors (Lipinski definition) is 1. The third-order valence-corrected chi connectivity index (χ3v) is 8.05. The Morgan fingerprint density at radius 2 is 1.72 bits per heavy atom. The molecule has 0 radical (unpaired) electrons. The molecule has 196 valence electrons. The molecule has 3 aromatic carbocycles. The van der Waals surface area contributed by atoms with E-state index in [0.29, 0.717) is 40.7 Å². The van der Waals surface area contributed by atoms with Crippen molar-refractivity contribution in [2.45, 2.75) is 6.92 Å². The Bertz CT molecular complexity index is 1720. The van der Waals surface area contributed by atoms with Crippen LogP contribution in [0.5, 0.6) is 0 Å². The number of carbonyl (C=O) groups is 1. The van der Waals surface area contributed by atoms with Crippen molar-refractivity contribution in [3.63, 3.8) is 0 Å². The number of ether oxygens (including phenoxy) is 1. The van der Waals surface area contributed by atoms with Crippen LogP contribution < -0.4 is 15.8 Å². The maximum Gasteiger partial charge on any atom is 0.266 e. The summed E-state index contributed by atoms with van der Waals surface area (Å²) in [6.07, 6.45) is 0. The number of thiophene rings is 1. The van der Waals surface area contributed by atoms with E-state index in [1.807, 2.05) is 54.6 Å². The lowest BCUT2D eigenvalue weighted by Gasteiger charge is -2.28. The third kappa shape index (κ3) is 5.06. The first-order valence-electron chi connectivity index (χ1n) is 12.6. The standard InChI is InChI=1S/C30H25ClN4O3S/c1-19(36)32-22-10-6-20(7-11-22)25-18-27(39-30(25)34-14-16-38-17-15-34)28-33-26-5-3-2-4-24(26)29(37)35(28)23-12-8-21(31)9-13-23/h2-13,18H,14-17H2,1H3,(H,32,36). The van der Waals surface area contributed by atoms with E-state index in [1.54, 1.807) is 34.1 Å². The lowest BCUT2D eigenvalue weighted by molar-refractivity contribution is -0.114. The van der Waals surface area contributed by atoms with Crippen LogP contribution in [0.1, 0.15) is 6.92 Å². The van der Waals surface area contributed by atoms with Crippen LogP contribution in [0.4, 0.5) is 10.7 Å². The summed E-state index contributed by atoms with van der Waals surface area (Å²) in [6.45, 7) is 4.33. The molecule has 0 unspecified atom stereocenters. The van der Waals surface area contributed by atoms with Crippen LogP contribution in [-0.4, -0.2) is 41.8 Å². The minimum Gasteiger partial charge on any atom is -0.378 e. The van der Waals surface area contributed by atoms with Gasteiger partial charge in [-0.15, -0.1) is 11.3 Å². The van der Waals surface area contributed by atoms with Gasteiger partial charge in [-0.3, -0.25) is 14.2 Å². The van der Waals surface area contributed by atoms with Gasteiger partial charge in [0, 0.05) is 36.3 Å². The Balaban J connectivity index is 1.56. The Hall–Kier alpha value is -3.98. The highest BCUT2D eigenvalue weighted by molar-refractivity contribution is 7.20. The highest BCUT2D eigenvalue weighted by atomic mass is 35.5. The maximum atomic E-state index is 13.8. The predicted octanol–water partition coefficient (Wildman–Crippen LogP) is 6.23. The van der Waals surface area contributed by atoms with Gasteiger partial charge >= 0.3 is 0 Å². The second kappa shape index (κ2) is 10.6. The molecule has 7 nitrogen and oxygen atoms in total. The van der Waals surface area contributed by atoms with Gasteiger partial charge in [-0.1, -0.05) is 35.9 Å². The van der Waals surface area contributed by atoms with Gasteiger partial charge in [0.1, 0.15) is 0 Å². The molecule has 5 aromatic rings. The predicted molar refractivity (Wildman–Crippen MR) is 158 cm³/mol. The second-order valence-corrected chi connectivity index (χ2v) is 10.7. The SMILES string of the molecule is CC(=O)Nc1ccc(-c2cc(-c3nc4ccccc4c(=O)n3-c3ccc(Cl)cc3)sc2N2CCOCC2)cc1.